The molecule has 6 nitrogen and oxygen atoms in total. The lowest BCUT2D eigenvalue weighted by Crippen LogP contribution is -2.35. The van der Waals surface area contributed by atoms with Gasteiger partial charge in [0.15, 0.2) is 6.61 Å². The molecular weight excluding hydrogens is 328 g/mol. The summed E-state index contributed by atoms with van der Waals surface area (Å²) in [6.07, 6.45) is 1.85. The minimum Gasteiger partial charge on any atom is -0.452 e. The molecule has 2 atom stereocenters. The highest BCUT2D eigenvalue weighted by Crippen LogP contribution is 2.35. The van der Waals surface area contributed by atoms with Gasteiger partial charge in [-0.15, -0.1) is 11.8 Å². The Morgan fingerprint density at radius 1 is 1.42 bits per heavy atom. The first-order chi connectivity index (χ1) is 11.4. The first-order valence-corrected chi connectivity index (χ1v) is 8.86. The molecule has 0 aromatic heterocycles. The minimum atomic E-state index is -0.589. The van der Waals surface area contributed by atoms with Gasteiger partial charge in [-0.25, -0.2) is 4.79 Å². The van der Waals surface area contributed by atoms with Crippen LogP contribution < -0.4 is 10.6 Å². The van der Waals surface area contributed by atoms with Gasteiger partial charge in [-0.2, -0.15) is 0 Å². The Kier molecular flexibility index (Phi) is 6.25. The van der Waals surface area contributed by atoms with Gasteiger partial charge in [-0.1, -0.05) is 13.3 Å². The van der Waals surface area contributed by atoms with E-state index < -0.39 is 5.97 Å². The van der Waals surface area contributed by atoms with Crippen molar-refractivity contribution >= 4 is 35.2 Å². The molecule has 0 saturated heterocycles. The largest absolute Gasteiger partial charge is 0.452 e. The normalized spacial score (nSPS) is 17.5. The third kappa shape index (κ3) is 4.74. The zero-order valence-electron chi connectivity index (χ0n) is 14.0. The van der Waals surface area contributed by atoms with Crippen molar-refractivity contribution in [1.29, 1.82) is 0 Å². The number of carbonyl (C=O) groups is 3. The maximum Gasteiger partial charge on any atom is 0.338 e. The van der Waals surface area contributed by atoms with Crippen molar-refractivity contribution in [1.82, 2.24) is 5.32 Å². The number of hydrogen-bond acceptors (Lipinski definition) is 5. The topological polar surface area (TPSA) is 84.5 Å². The number of ether oxygens (including phenoxy) is 1. The second-order valence-corrected chi connectivity index (χ2v) is 7.18. The van der Waals surface area contributed by atoms with E-state index >= 15 is 0 Å². The van der Waals surface area contributed by atoms with E-state index in [2.05, 4.69) is 10.6 Å². The number of benzene rings is 1. The first kappa shape index (κ1) is 18.3. The van der Waals surface area contributed by atoms with E-state index in [0.717, 1.165) is 17.7 Å². The van der Waals surface area contributed by atoms with Crippen LogP contribution in [0.5, 0.6) is 0 Å². The quantitative estimate of drug-likeness (QED) is 0.770. The number of nitrogens with one attached hydrogen (secondary N) is 2. The smallest absolute Gasteiger partial charge is 0.338 e. The van der Waals surface area contributed by atoms with E-state index in [9.17, 15) is 14.4 Å². The van der Waals surface area contributed by atoms with Gasteiger partial charge < -0.3 is 15.4 Å². The summed E-state index contributed by atoms with van der Waals surface area (Å²) in [7, 11) is 0. The molecule has 24 heavy (non-hydrogen) atoms. The molecule has 1 aliphatic heterocycles. The van der Waals surface area contributed by atoms with Crippen LogP contribution in [0.25, 0.3) is 0 Å². The number of esters is 1. The predicted molar refractivity (Wildman–Crippen MR) is 93.2 cm³/mol. The molecule has 2 amide bonds. The molecule has 1 aliphatic rings. The fraction of sp³-hybridized carbons (Fsp3) is 0.471. The van der Waals surface area contributed by atoms with Crippen molar-refractivity contribution in [2.75, 3.05) is 11.9 Å². The molecule has 1 aromatic rings. The van der Waals surface area contributed by atoms with Gasteiger partial charge in [-0.05, 0) is 38.5 Å². The Balaban J connectivity index is 1.92. The molecule has 2 rings (SSSR count). The number of fused-ring (bicyclic) bond motifs is 1. The number of thioether (sulfide) groups is 1. The van der Waals surface area contributed by atoms with Gasteiger partial charge in [0.1, 0.15) is 0 Å². The number of rotatable bonds is 6. The van der Waals surface area contributed by atoms with Crippen molar-refractivity contribution in [3.05, 3.63) is 23.8 Å². The van der Waals surface area contributed by atoms with E-state index in [-0.39, 0.29) is 29.7 Å². The van der Waals surface area contributed by atoms with E-state index in [4.69, 9.17) is 4.74 Å². The predicted octanol–water partition coefficient (Wildman–Crippen LogP) is 2.58. The van der Waals surface area contributed by atoms with E-state index in [1.165, 1.54) is 11.8 Å². The number of amides is 2. The molecule has 0 spiro atoms. The van der Waals surface area contributed by atoms with Gasteiger partial charge in [0.25, 0.3) is 5.91 Å². The highest BCUT2D eigenvalue weighted by molar-refractivity contribution is 8.00. The molecule has 130 valence electrons. The molecule has 0 radical (unpaired) electrons. The lowest BCUT2D eigenvalue weighted by atomic mass is 10.2. The Labute approximate surface area is 145 Å². The second kappa shape index (κ2) is 8.19. The standard InChI is InChI=1S/C17H22N2O4S/c1-4-5-10(2)18-15(20)9-23-17(22)12-6-7-14-13(8-12)19-16(21)11(3)24-14/h6-8,10-11H,4-5,9H2,1-3H3,(H,18,20)(H,19,21). The molecule has 0 aliphatic carbocycles. The summed E-state index contributed by atoms with van der Waals surface area (Å²) < 4.78 is 5.04. The summed E-state index contributed by atoms with van der Waals surface area (Å²) in [6, 6.07) is 5.04. The molecule has 0 bridgehead atoms. The van der Waals surface area contributed by atoms with E-state index in [1.807, 2.05) is 20.8 Å². The SMILES string of the molecule is CCCC(C)NC(=O)COC(=O)c1ccc2c(c1)NC(=O)C(C)S2. The molecule has 1 aromatic carbocycles. The molecule has 0 saturated carbocycles. The van der Waals surface area contributed by atoms with Crippen molar-refractivity contribution in [3.63, 3.8) is 0 Å². The summed E-state index contributed by atoms with van der Waals surface area (Å²) in [4.78, 5) is 36.4. The van der Waals surface area contributed by atoms with Crippen molar-refractivity contribution in [3.8, 4) is 0 Å². The zero-order chi connectivity index (χ0) is 17.7. The lowest BCUT2D eigenvalue weighted by molar-refractivity contribution is -0.124. The molecule has 0 fully saturated rings. The minimum absolute atomic E-state index is 0.0548. The van der Waals surface area contributed by atoms with E-state index in [0.29, 0.717) is 11.3 Å². The molecule has 2 N–H and O–H groups in total. The first-order valence-electron chi connectivity index (χ1n) is 7.98. The third-order valence-corrected chi connectivity index (χ3v) is 4.79. The molecular formula is C17H22N2O4S. The number of anilines is 1. The van der Waals surface area contributed by atoms with Gasteiger partial charge in [-0.3, -0.25) is 9.59 Å². The highest BCUT2D eigenvalue weighted by atomic mass is 32.2. The summed E-state index contributed by atoms with van der Waals surface area (Å²) in [5.41, 5.74) is 0.900. The average molecular weight is 350 g/mol. The monoisotopic (exact) mass is 350 g/mol. The third-order valence-electron chi connectivity index (χ3n) is 3.61. The highest BCUT2D eigenvalue weighted by Gasteiger charge is 2.24. The summed E-state index contributed by atoms with van der Waals surface area (Å²) in [6.45, 7) is 5.45. The Bertz CT molecular complexity index is 647. The summed E-state index contributed by atoms with van der Waals surface area (Å²) in [5, 5.41) is 5.37. The van der Waals surface area contributed by atoms with Crippen molar-refractivity contribution in [2.24, 2.45) is 0 Å². The number of hydrogen-bond donors (Lipinski definition) is 2. The average Bonchev–Trinajstić information content (AvgIpc) is 2.53. The van der Waals surface area contributed by atoms with Crippen LogP contribution in [0.1, 0.15) is 44.0 Å². The zero-order valence-corrected chi connectivity index (χ0v) is 14.9. The molecule has 7 heteroatoms. The Morgan fingerprint density at radius 2 is 2.17 bits per heavy atom. The van der Waals surface area contributed by atoms with Gasteiger partial charge in [0.05, 0.1) is 16.5 Å². The Morgan fingerprint density at radius 3 is 2.88 bits per heavy atom. The summed E-state index contributed by atoms with van der Waals surface area (Å²) in [5.74, 6) is -1.00. The van der Waals surface area contributed by atoms with Crippen LogP contribution in [-0.2, 0) is 14.3 Å². The van der Waals surface area contributed by atoms with Crippen LogP contribution in [0.4, 0.5) is 5.69 Å². The van der Waals surface area contributed by atoms with E-state index in [1.54, 1.807) is 18.2 Å². The van der Waals surface area contributed by atoms with Gasteiger partial charge >= 0.3 is 5.97 Å². The van der Waals surface area contributed by atoms with Crippen LogP contribution in [0.2, 0.25) is 0 Å². The van der Waals surface area contributed by atoms with Crippen LogP contribution in [0.3, 0.4) is 0 Å². The molecule has 1 heterocycles. The lowest BCUT2D eigenvalue weighted by Gasteiger charge is -2.21. The fourth-order valence-electron chi connectivity index (χ4n) is 2.37. The van der Waals surface area contributed by atoms with Crippen LogP contribution in [-0.4, -0.2) is 35.7 Å². The van der Waals surface area contributed by atoms with Crippen LogP contribution in [0, 0.1) is 0 Å². The van der Waals surface area contributed by atoms with Crippen molar-refractivity contribution < 1.29 is 19.1 Å². The maximum absolute atomic E-state index is 12.1. The van der Waals surface area contributed by atoms with Gasteiger partial charge in [0, 0.05) is 10.9 Å². The Hall–Kier alpha value is -2.02. The van der Waals surface area contributed by atoms with Crippen LogP contribution >= 0.6 is 11.8 Å². The van der Waals surface area contributed by atoms with Crippen molar-refractivity contribution in [2.45, 2.75) is 49.8 Å². The van der Waals surface area contributed by atoms with Crippen LogP contribution in [0.15, 0.2) is 23.1 Å². The molecule has 2 unspecified atom stereocenters. The summed E-state index contributed by atoms with van der Waals surface area (Å²) >= 11 is 1.44. The van der Waals surface area contributed by atoms with Gasteiger partial charge in [0.2, 0.25) is 5.91 Å². The maximum atomic E-state index is 12.1. The number of carbonyl (C=O) groups excluding carboxylic acids is 3. The fourth-order valence-corrected chi connectivity index (χ4v) is 3.30. The second-order valence-electron chi connectivity index (χ2n) is 5.79.